The molecule has 2 aromatic rings. The van der Waals surface area contributed by atoms with Crippen molar-refractivity contribution in [2.24, 2.45) is 4.99 Å². The molecule has 1 saturated heterocycles. The number of hydrogen-bond acceptors (Lipinski definition) is 3. The van der Waals surface area contributed by atoms with Crippen LogP contribution in [-0.2, 0) is 6.42 Å². The van der Waals surface area contributed by atoms with Crippen LogP contribution < -0.4 is 20.9 Å². The Bertz CT molecular complexity index is 884. The summed E-state index contributed by atoms with van der Waals surface area (Å²) < 4.78 is 13.5. The fourth-order valence-electron chi connectivity index (χ4n) is 3.68. The first-order chi connectivity index (χ1) is 14.6. The zero-order chi connectivity index (χ0) is 21.3. The molecule has 3 rings (SSSR count). The largest absolute Gasteiger partial charge is 0.371 e. The van der Waals surface area contributed by atoms with E-state index in [0.717, 1.165) is 56.1 Å². The van der Waals surface area contributed by atoms with Crippen molar-refractivity contribution in [3.63, 3.8) is 0 Å². The molecule has 3 N–H and O–H groups in total. The van der Waals surface area contributed by atoms with E-state index in [-0.39, 0.29) is 35.7 Å². The topological polar surface area (TPSA) is 68.8 Å². The minimum atomic E-state index is -0.196. The van der Waals surface area contributed by atoms with E-state index in [9.17, 15) is 9.18 Å². The highest BCUT2D eigenvalue weighted by Gasteiger charge is 2.20. The molecule has 2 aromatic carbocycles. The zero-order valence-electron chi connectivity index (χ0n) is 18.0. The summed E-state index contributed by atoms with van der Waals surface area (Å²) in [5.74, 6) is 0.506. The molecule has 1 fully saturated rings. The molecule has 1 amide bonds. The van der Waals surface area contributed by atoms with Gasteiger partial charge in [0.05, 0.1) is 0 Å². The highest BCUT2D eigenvalue weighted by atomic mass is 127. The van der Waals surface area contributed by atoms with Crippen LogP contribution in [0.25, 0.3) is 0 Å². The molecule has 0 saturated carbocycles. The maximum Gasteiger partial charge on any atom is 0.251 e. The number of anilines is 1. The molecule has 1 heterocycles. The molecule has 6 nitrogen and oxygen atoms in total. The SMILES string of the molecule is CN=C(NCCc1cccc(C(=O)NC)c1)NC1CCN(c2cccc(F)c2)CC1.I. The van der Waals surface area contributed by atoms with Gasteiger partial charge in [0.25, 0.3) is 5.91 Å². The Morgan fingerprint density at radius 1 is 1.16 bits per heavy atom. The first-order valence-corrected chi connectivity index (χ1v) is 10.4. The minimum absolute atomic E-state index is 0. The first kappa shape index (κ1) is 24.9. The lowest BCUT2D eigenvalue weighted by molar-refractivity contribution is 0.0963. The number of carbonyl (C=O) groups excluding carboxylic acids is 1. The number of rotatable bonds is 6. The third-order valence-corrected chi connectivity index (χ3v) is 5.36. The maximum absolute atomic E-state index is 13.5. The summed E-state index contributed by atoms with van der Waals surface area (Å²) in [6.07, 6.45) is 2.72. The van der Waals surface area contributed by atoms with Gasteiger partial charge in [0, 0.05) is 51.0 Å². The van der Waals surface area contributed by atoms with Gasteiger partial charge in [-0.05, 0) is 55.2 Å². The van der Waals surface area contributed by atoms with E-state index in [1.807, 2.05) is 30.3 Å². The van der Waals surface area contributed by atoms with Crippen LogP contribution in [-0.4, -0.2) is 51.6 Å². The van der Waals surface area contributed by atoms with Gasteiger partial charge < -0.3 is 20.9 Å². The predicted molar refractivity (Wildman–Crippen MR) is 135 cm³/mol. The summed E-state index contributed by atoms with van der Waals surface area (Å²) in [6.45, 7) is 2.48. The van der Waals surface area contributed by atoms with E-state index in [1.165, 1.54) is 6.07 Å². The minimum Gasteiger partial charge on any atom is -0.371 e. The van der Waals surface area contributed by atoms with Gasteiger partial charge >= 0.3 is 0 Å². The van der Waals surface area contributed by atoms with Gasteiger partial charge in [0.2, 0.25) is 0 Å². The van der Waals surface area contributed by atoms with Gasteiger partial charge in [-0.1, -0.05) is 18.2 Å². The monoisotopic (exact) mass is 539 g/mol. The van der Waals surface area contributed by atoms with E-state index in [2.05, 4.69) is 25.8 Å². The number of aliphatic imine (C=N–C) groups is 1. The van der Waals surface area contributed by atoms with Crippen LogP contribution >= 0.6 is 24.0 Å². The number of nitrogens with zero attached hydrogens (tertiary/aromatic N) is 2. The standard InChI is InChI=1S/C23H30FN5O.HI/c1-25-22(30)18-6-3-5-17(15-18)9-12-27-23(26-2)28-20-10-13-29(14-11-20)21-8-4-7-19(24)16-21;/h3-8,15-16,20H,9-14H2,1-2H3,(H,25,30)(H2,26,27,28);1H. The van der Waals surface area contributed by atoms with Crippen molar-refractivity contribution >= 4 is 41.5 Å². The number of benzene rings is 2. The van der Waals surface area contributed by atoms with Crippen molar-refractivity contribution < 1.29 is 9.18 Å². The Balaban J connectivity index is 0.00000341. The van der Waals surface area contributed by atoms with Gasteiger partial charge in [-0.25, -0.2) is 4.39 Å². The van der Waals surface area contributed by atoms with Crippen molar-refractivity contribution in [3.8, 4) is 0 Å². The molecule has 0 spiro atoms. The molecular weight excluding hydrogens is 508 g/mol. The lowest BCUT2D eigenvalue weighted by atomic mass is 10.0. The molecule has 31 heavy (non-hydrogen) atoms. The third kappa shape index (κ3) is 7.37. The number of hydrogen-bond donors (Lipinski definition) is 3. The first-order valence-electron chi connectivity index (χ1n) is 10.4. The molecule has 0 unspecified atom stereocenters. The van der Waals surface area contributed by atoms with Crippen LogP contribution in [0.4, 0.5) is 10.1 Å². The zero-order valence-corrected chi connectivity index (χ0v) is 20.4. The Kier molecular flexibility index (Phi) is 10.0. The second-order valence-electron chi connectivity index (χ2n) is 7.41. The van der Waals surface area contributed by atoms with Crippen LogP contribution in [0.3, 0.4) is 0 Å². The molecule has 1 aliphatic rings. The van der Waals surface area contributed by atoms with Crippen LogP contribution in [0, 0.1) is 5.82 Å². The van der Waals surface area contributed by atoms with Crippen LogP contribution in [0.15, 0.2) is 53.5 Å². The van der Waals surface area contributed by atoms with Crippen LogP contribution in [0.1, 0.15) is 28.8 Å². The maximum atomic E-state index is 13.5. The third-order valence-electron chi connectivity index (χ3n) is 5.36. The second-order valence-corrected chi connectivity index (χ2v) is 7.41. The summed E-state index contributed by atoms with van der Waals surface area (Å²) in [5, 5.41) is 9.49. The average Bonchev–Trinajstić information content (AvgIpc) is 2.78. The summed E-state index contributed by atoms with van der Waals surface area (Å²) in [6, 6.07) is 14.8. The van der Waals surface area contributed by atoms with Gasteiger partial charge in [-0.15, -0.1) is 24.0 Å². The van der Waals surface area contributed by atoms with E-state index < -0.39 is 0 Å². The molecule has 0 atom stereocenters. The van der Waals surface area contributed by atoms with Crippen molar-refractivity contribution in [1.82, 2.24) is 16.0 Å². The predicted octanol–water partition coefficient (Wildman–Crippen LogP) is 3.18. The number of carbonyl (C=O) groups is 1. The Labute approximate surface area is 200 Å². The fraction of sp³-hybridized carbons (Fsp3) is 0.391. The van der Waals surface area contributed by atoms with E-state index in [4.69, 9.17) is 0 Å². The second kappa shape index (κ2) is 12.5. The molecule has 1 aliphatic heterocycles. The van der Waals surface area contributed by atoms with Crippen LogP contribution in [0.2, 0.25) is 0 Å². The molecule has 0 aromatic heterocycles. The number of piperidine rings is 1. The molecule has 168 valence electrons. The summed E-state index contributed by atoms with van der Waals surface area (Å²) >= 11 is 0. The normalized spacial score (nSPS) is 14.5. The number of guanidine groups is 1. The van der Waals surface area contributed by atoms with Gasteiger partial charge in [-0.2, -0.15) is 0 Å². The summed E-state index contributed by atoms with van der Waals surface area (Å²) in [5.41, 5.74) is 2.71. The smallest absolute Gasteiger partial charge is 0.251 e. The fourth-order valence-corrected chi connectivity index (χ4v) is 3.68. The highest BCUT2D eigenvalue weighted by Crippen LogP contribution is 2.20. The van der Waals surface area contributed by atoms with Crippen molar-refractivity contribution in [2.45, 2.75) is 25.3 Å². The number of nitrogens with one attached hydrogen (secondary N) is 3. The average molecular weight is 539 g/mol. The van der Waals surface area contributed by atoms with Crippen molar-refractivity contribution in [3.05, 3.63) is 65.5 Å². The number of amides is 1. The Morgan fingerprint density at radius 2 is 1.90 bits per heavy atom. The summed E-state index contributed by atoms with van der Waals surface area (Å²) in [7, 11) is 3.40. The van der Waals surface area contributed by atoms with Crippen molar-refractivity contribution in [2.75, 3.05) is 38.6 Å². The van der Waals surface area contributed by atoms with Gasteiger partial charge in [-0.3, -0.25) is 9.79 Å². The number of halogens is 2. The molecule has 0 aliphatic carbocycles. The van der Waals surface area contributed by atoms with E-state index >= 15 is 0 Å². The van der Waals surface area contributed by atoms with Gasteiger partial charge in [0.15, 0.2) is 5.96 Å². The quantitative estimate of drug-likeness (QED) is 0.300. The van der Waals surface area contributed by atoms with E-state index in [0.29, 0.717) is 11.6 Å². The lowest BCUT2D eigenvalue weighted by Gasteiger charge is -2.34. The lowest BCUT2D eigenvalue weighted by Crippen LogP contribution is -2.49. The Hall–Kier alpha value is -2.36. The van der Waals surface area contributed by atoms with Crippen molar-refractivity contribution in [1.29, 1.82) is 0 Å². The Morgan fingerprint density at radius 3 is 2.58 bits per heavy atom. The van der Waals surface area contributed by atoms with Crippen LogP contribution in [0.5, 0.6) is 0 Å². The van der Waals surface area contributed by atoms with E-state index in [1.54, 1.807) is 26.2 Å². The molecule has 0 radical (unpaired) electrons. The molecular formula is C23H31FIN5O. The highest BCUT2D eigenvalue weighted by molar-refractivity contribution is 14.0. The summed E-state index contributed by atoms with van der Waals surface area (Å²) in [4.78, 5) is 18.3. The molecule has 0 bridgehead atoms. The van der Waals surface area contributed by atoms with Gasteiger partial charge in [0.1, 0.15) is 5.82 Å². The molecule has 8 heteroatoms.